The number of nitrogens with zero attached hydrogens (tertiary/aromatic N) is 1. The summed E-state index contributed by atoms with van der Waals surface area (Å²) in [5, 5.41) is 4.99. The van der Waals surface area contributed by atoms with Crippen LogP contribution in [0.15, 0.2) is 30.3 Å². The third-order valence-electron chi connectivity index (χ3n) is 4.03. The molecule has 0 spiro atoms. The SMILES string of the molecule is CCOC(=O)c1c(NC(=O)C[NH2+]Cc2ccccc2)sc(C(=O)N(C)C)c1C. The summed E-state index contributed by atoms with van der Waals surface area (Å²) in [4.78, 5) is 39.0. The van der Waals surface area contributed by atoms with Crippen molar-refractivity contribution in [2.45, 2.75) is 20.4 Å². The van der Waals surface area contributed by atoms with E-state index in [1.807, 2.05) is 35.6 Å². The van der Waals surface area contributed by atoms with Crippen molar-refractivity contribution in [1.82, 2.24) is 4.90 Å². The molecule has 0 atom stereocenters. The van der Waals surface area contributed by atoms with Crippen molar-refractivity contribution in [3.05, 3.63) is 51.9 Å². The Labute approximate surface area is 168 Å². The zero-order valence-corrected chi connectivity index (χ0v) is 17.4. The maximum Gasteiger partial charge on any atom is 0.341 e. The van der Waals surface area contributed by atoms with E-state index in [1.165, 1.54) is 4.90 Å². The number of rotatable bonds is 8. The third kappa shape index (κ3) is 5.40. The Kier molecular flexibility index (Phi) is 7.71. The number of nitrogens with two attached hydrogens (primary N) is 1. The number of anilines is 1. The topological polar surface area (TPSA) is 92.3 Å². The van der Waals surface area contributed by atoms with Gasteiger partial charge in [-0.05, 0) is 19.4 Å². The van der Waals surface area contributed by atoms with Crippen LogP contribution in [0, 0.1) is 6.92 Å². The Morgan fingerprint density at radius 2 is 1.86 bits per heavy atom. The smallest absolute Gasteiger partial charge is 0.341 e. The number of amides is 2. The first-order chi connectivity index (χ1) is 13.3. The molecule has 150 valence electrons. The molecule has 28 heavy (non-hydrogen) atoms. The molecule has 0 saturated heterocycles. The van der Waals surface area contributed by atoms with Gasteiger partial charge in [0.25, 0.3) is 11.8 Å². The average molecular weight is 405 g/mol. The lowest BCUT2D eigenvalue weighted by Gasteiger charge is -2.09. The summed E-state index contributed by atoms with van der Waals surface area (Å²) in [7, 11) is 3.28. The molecule has 0 aliphatic rings. The second-order valence-electron chi connectivity index (χ2n) is 6.41. The van der Waals surface area contributed by atoms with Gasteiger partial charge in [-0.3, -0.25) is 9.59 Å². The molecule has 3 N–H and O–H groups in total. The Balaban J connectivity index is 2.13. The third-order valence-corrected chi connectivity index (χ3v) is 5.23. The van der Waals surface area contributed by atoms with Crippen LogP contribution in [0.3, 0.4) is 0 Å². The Bertz CT molecular complexity index is 847. The van der Waals surface area contributed by atoms with Crippen molar-refractivity contribution < 1.29 is 24.4 Å². The highest BCUT2D eigenvalue weighted by Crippen LogP contribution is 2.34. The van der Waals surface area contributed by atoms with Gasteiger partial charge in [-0.25, -0.2) is 4.79 Å². The quantitative estimate of drug-likeness (QED) is 0.654. The molecule has 0 aliphatic heterocycles. The lowest BCUT2D eigenvalue weighted by atomic mass is 10.1. The van der Waals surface area contributed by atoms with Crippen LogP contribution in [0.4, 0.5) is 5.00 Å². The molecule has 0 radical (unpaired) electrons. The minimum absolute atomic E-state index is 0.199. The lowest BCUT2D eigenvalue weighted by Crippen LogP contribution is -2.84. The molecule has 2 rings (SSSR count). The number of ether oxygens (including phenoxy) is 1. The van der Waals surface area contributed by atoms with Crippen molar-refractivity contribution in [2.24, 2.45) is 0 Å². The van der Waals surface area contributed by atoms with E-state index >= 15 is 0 Å². The van der Waals surface area contributed by atoms with Crippen LogP contribution < -0.4 is 10.6 Å². The van der Waals surface area contributed by atoms with Crippen molar-refractivity contribution in [3.8, 4) is 0 Å². The summed E-state index contributed by atoms with van der Waals surface area (Å²) in [5.74, 6) is -1.01. The molecule has 1 aromatic heterocycles. The number of quaternary nitrogens is 1. The summed E-state index contributed by atoms with van der Waals surface area (Å²) in [5.41, 5.74) is 1.88. The molecule has 0 fully saturated rings. The van der Waals surface area contributed by atoms with Crippen molar-refractivity contribution >= 4 is 34.1 Å². The Hall–Kier alpha value is -2.71. The van der Waals surface area contributed by atoms with E-state index in [4.69, 9.17) is 4.74 Å². The molecule has 7 nitrogen and oxygen atoms in total. The molecule has 0 bridgehead atoms. The molecule has 1 heterocycles. The molecule has 2 amide bonds. The number of thiophene rings is 1. The second kappa shape index (κ2) is 10.0. The van der Waals surface area contributed by atoms with Crippen LogP contribution in [-0.2, 0) is 16.1 Å². The summed E-state index contributed by atoms with van der Waals surface area (Å²) in [6, 6.07) is 9.84. The maximum atomic E-state index is 12.4. The first-order valence-corrected chi connectivity index (χ1v) is 9.84. The largest absolute Gasteiger partial charge is 0.462 e. The van der Waals surface area contributed by atoms with Gasteiger partial charge < -0.3 is 20.3 Å². The number of nitrogens with one attached hydrogen (secondary N) is 1. The van der Waals surface area contributed by atoms with Gasteiger partial charge >= 0.3 is 5.97 Å². The predicted molar refractivity (Wildman–Crippen MR) is 109 cm³/mol. The number of carbonyl (C=O) groups is 3. The molecule has 2 aromatic rings. The maximum absolute atomic E-state index is 12.4. The Morgan fingerprint density at radius 1 is 1.18 bits per heavy atom. The number of hydrogen-bond acceptors (Lipinski definition) is 5. The minimum atomic E-state index is -0.544. The second-order valence-corrected chi connectivity index (χ2v) is 7.43. The number of carbonyl (C=O) groups excluding carboxylic acids is 3. The molecule has 0 unspecified atom stereocenters. The van der Waals surface area contributed by atoms with Gasteiger partial charge in [-0.15, -0.1) is 11.3 Å². The highest BCUT2D eigenvalue weighted by atomic mass is 32.1. The van der Waals surface area contributed by atoms with Crippen LogP contribution in [0.2, 0.25) is 0 Å². The van der Waals surface area contributed by atoms with E-state index in [0.717, 1.165) is 16.9 Å². The van der Waals surface area contributed by atoms with Gasteiger partial charge in [0.2, 0.25) is 0 Å². The fourth-order valence-corrected chi connectivity index (χ4v) is 3.85. The van der Waals surface area contributed by atoms with E-state index in [0.29, 0.717) is 22.0 Å². The molecule has 0 saturated carbocycles. The van der Waals surface area contributed by atoms with E-state index in [1.54, 1.807) is 27.9 Å². The molecular formula is C20H26N3O4S+. The number of esters is 1. The predicted octanol–water partition coefficient (Wildman–Crippen LogP) is 1.64. The molecular weight excluding hydrogens is 378 g/mol. The fraction of sp³-hybridized carbons (Fsp3) is 0.350. The monoisotopic (exact) mass is 404 g/mol. The van der Waals surface area contributed by atoms with Gasteiger partial charge in [-0.2, -0.15) is 0 Å². The molecule has 0 aliphatic carbocycles. The average Bonchev–Trinajstić information content (AvgIpc) is 2.97. The van der Waals surface area contributed by atoms with E-state index in [9.17, 15) is 14.4 Å². The first-order valence-electron chi connectivity index (χ1n) is 9.02. The van der Waals surface area contributed by atoms with Crippen LogP contribution in [0.1, 0.15) is 38.1 Å². The lowest BCUT2D eigenvalue weighted by molar-refractivity contribution is -0.659. The zero-order valence-electron chi connectivity index (χ0n) is 16.6. The van der Waals surface area contributed by atoms with E-state index in [-0.39, 0.29) is 30.5 Å². The van der Waals surface area contributed by atoms with Gasteiger partial charge in [-0.1, -0.05) is 30.3 Å². The minimum Gasteiger partial charge on any atom is -0.462 e. The van der Waals surface area contributed by atoms with Gasteiger partial charge in [0.05, 0.1) is 17.0 Å². The van der Waals surface area contributed by atoms with Crippen LogP contribution in [0.25, 0.3) is 0 Å². The normalized spacial score (nSPS) is 10.4. The zero-order chi connectivity index (χ0) is 20.7. The highest BCUT2D eigenvalue weighted by Gasteiger charge is 2.27. The van der Waals surface area contributed by atoms with Crippen LogP contribution in [-0.4, -0.2) is 49.9 Å². The fourth-order valence-electron chi connectivity index (χ4n) is 2.62. The standard InChI is InChI=1S/C20H25N3O4S/c1-5-27-20(26)16-13(2)17(19(25)23(3)4)28-18(16)22-15(24)12-21-11-14-9-7-6-8-10-14/h6-10,21H,5,11-12H2,1-4H3,(H,22,24)/p+1. The van der Waals surface area contributed by atoms with E-state index in [2.05, 4.69) is 5.32 Å². The summed E-state index contributed by atoms with van der Waals surface area (Å²) >= 11 is 1.10. The highest BCUT2D eigenvalue weighted by molar-refractivity contribution is 7.18. The van der Waals surface area contributed by atoms with Gasteiger partial charge in [0.15, 0.2) is 6.54 Å². The van der Waals surface area contributed by atoms with Crippen molar-refractivity contribution in [3.63, 3.8) is 0 Å². The van der Waals surface area contributed by atoms with Gasteiger partial charge in [0.1, 0.15) is 11.5 Å². The van der Waals surface area contributed by atoms with Crippen LogP contribution >= 0.6 is 11.3 Å². The summed E-state index contributed by atoms with van der Waals surface area (Å²) in [6.07, 6.45) is 0. The number of hydrogen-bond donors (Lipinski definition) is 2. The van der Waals surface area contributed by atoms with Crippen molar-refractivity contribution in [2.75, 3.05) is 32.6 Å². The molecule has 1 aromatic carbocycles. The van der Waals surface area contributed by atoms with Gasteiger partial charge in [0, 0.05) is 19.7 Å². The summed E-state index contributed by atoms with van der Waals surface area (Å²) < 4.78 is 5.11. The first kappa shape index (κ1) is 21.6. The molecule has 8 heteroatoms. The Morgan fingerprint density at radius 3 is 2.46 bits per heavy atom. The van der Waals surface area contributed by atoms with Crippen molar-refractivity contribution in [1.29, 1.82) is 0 Å². The van der Waals surface area contributed by atoms with Crippen LogP contribution in [0.5, 0.6) is 0 Å². The number of benzene rings is 1. The van der Waals surface area contributed by atoms with E-state index < -0.39 is 5.97 Å². The summed E-state index contributed by atoms with van der Waals surface area (Å²) in [6.45, 7) is 4.49.